The summed E-state index contributed by atoms with van der Waals surface area (Å²) in [5, 5.41) is 13.9. The van der Waals surface area contributed by atoms with E-state index in [1.807, 2.05) is 0 Å². The number of sulfonamides is 1. The van der Waals surface area contributed by atoms with Crippen molar-refractivity contribution in [2.45, 2.75) is 62.6 Å². The number of hydrogen-bond donors (Lipinski definition) is 3. The Morgan fingerprint density at radius 1 is 0.804 bits per heavy atom. The Labute approximate surface area is 264 Å². The molecular formula is C30H35F3N8O4S. The molecule has 0 saturated carbocycles. The molecule has 6 rings (SSSR count). The summed E-state index contributed by atoms with van der Waals surface area (Å²) in [7, 11) is -4.24. The molecule has 3 aliphatic rings. The van der Waals surface area contributed by atoms with Crippen LogP contribution in [0.5, 0.6) is 5.75 Å². The van der Waals surface area contributed by atoms with Crippen LogP contribution in [0.2, 0.25) is 0 Å². The highest BCUT2D eigenvalue weighted by Crippen LogP contribution is 2.32. The molecule has 3 aromatic rings. The Morgan fingerprint density at radius 2 is 1.43 bits per heavy atom. The van der Waals surface area contributed by atoms with Gasteiger partial charge in [-0.15, -0.1) is 0 Å². The van der Waals surface area contributed by atoms with Crippen LogP contribution in [0.15, 0.2) is 41.3 Å². The Balaban J connectivity index is 1.19. The number of fused-ring (bicyclic) bond motifs is 1. The van der Waals surface area contributed by atoms with E-state index < -0.39 is 22.1 Å². The van der Waals surface area contributed by atoms with Gasteiger partial charge in [-0.1, -0.05) is 6.07 Å². The van der Waals surface area contributed by atoms with Gasteiger partial charge in [0, 0.05) is 51.0 Å². The van der Waals surface area contributed by atoms with Gasteiger partial charge < -0.3 is 25.1 Å². The van der Waals surface area contributed by atoms with Crippen LogP contribution in [0.4, 0.5) is 42.4 Å². The molecule has 0 spiro atoms. The Hall–Kier alpha value is -4.34. The highest BCUT2D eigenvalue weighted by molar-refractivity contribution is 7.92. The molecule has 3 N–H and O–H groups in total. The smallest absolute Gasteiger partial charge is 0.471 e. The fourth-order valence-corrected chi connectivity index (χ4v) is 7.09. The highest BCUT2D eigenvalue weighted by atomic mass is 32.2. The molecule has 0 bridgehead atoms. The second-order valence-electron chi connectivity index (χ2n) is 11.7. The van der Waals surface area contributed by atoms with Crippen LogP contribution in [0, 0.1) is 0 Å². The molecule has 3 aliphatic heterocycles. The molecule has 0 atom stereocenters. The minimum atomic E-state index is -5.02. The number of aromatic hydroxyl groups is 1. The van der Waals surface area contributed by atoms with Crippen LogP contribution in [0.25, 0.3) is 0 Å². The van der Waals surface area contributed by atoms with Gasteiger partial charge in [0.15, 0.2) is 0 Å². The van der Waals surface area contributed by atoms with Gasteiger partial charge in [-0.05, 0) is 80.3 Å². The van der Waals surface area contributed by atoms with E-state index in [2.05, 4.69) is 29.8 Å². The number of carbonyl (C=O) groups is 1. The lowest BCUT2D eigenvalue weighted by Crippen LogP contribution is -2.43. The molecule has 12 nitrogen and oxygen atoms in total. The van der Waals surface area contributed by atoms with Crippen molar-refractivity contribution in [3.8, 4) is 5.75 Å². The first-order valence-electron chi connectivity index (χ1n) is 15.3. The third-order valence-electron chi connectivity index (χ3n) is 8.42. The number of phenolic OH excluding ortho intramolecular Hbond substituents is 1. The molecule has 4 heterocycles. The number of benzene rings is 2. The molecular weight excluding hydrogens is 625 g/mol. The van der Waals surface area contributed by atoms with E-state index in [0.29, 0.717) is 39.6 Å². The van der Waals surface area contributed by atoms with E-state index in [4.69, 9.17) is 4.98 Å². The Morgan fingerprint density at radius 3 is 2.02 bits per heavy atom. The summed E-state index contributed by atoms with van der Waals surface area (Å²) >= 11 is 0. The summed E-state index contributed by atoms with van der Waals surface area (Å²) in [6.07, 6.45) is 1.70. The zero-order chi connectivity index (χ0) is 32.5. The SMILES string of the molecule is O=C(N1CCc2ccc(S(=O)(=O)Nc3ccc(Nc4nc(N5CCCCC5)nc(N5CCCCC5)n4)cc3O)cc2C1)C(F)(F)F. The summed E-state index contributed by atoms with van der Waals surface area (Å²) in [5.41, 5.74) is 1.29. The standard InChI is InChI=1S/C30H35F3N8O4S/c31-30(32,33)26(43)41-16-11-20-7-9-23(17-21(20)19-41)46(44,45)38-24-10-8-22(18-25(24)42)34-27-35-28(39-12-3-1-4-13-39)37-29(36-27)40-14-5-2-6-15-40/h7-10,17-18,38,42H,1-6,11-16,19H2,(H,34,35,36,37). The minimum Gasteiger partial charge on any atom is -0.506 e. The fourth-order valence-electron chi connectivity index (χ4n) is 5.96. The van der Waals surface area contributed by atoms with E-state index in [-0.39, 0.29) is 35.8 Å². The maximum atomic E-state index is 13.2. The number of nitrogens with one attached hydrogen (secondary N) is 2. The van der Waals surface area contributed by atoms with Crippen molar-refractivity contribution in [3.63, 3.8) is 0 Å². The molecule has 0 radical (unpaired) electrons. The molecule has 46 heavy (non-hydrogen) atoms. The molecule has 2 aromatic carbocycles. The van der Waals surface area contributed by atoms with Crippen LogP contribution < -0.4 is 19.8 Å². The third kappa shape index (κ3) is 7.06. The summed E-state index contributed by atoms with van der Waals surface area (Å²) < 4.78 is 67.7. The molecule has 1 amide bonds. The fraction of sp³-hybridized carbons (Fsp3) is 0.467. The number of hydrogen-bond acceptors (Lipinski definition) is 10. The first-order chi connectivity index (χ1) is 22.0. The van der Waals surface area contributed by atoms with Gasteiger partial charge in [0.25, 0.3) is 10.0 Å². The maximum Gasteiger partial charge on any atom is 0.471 e. The highest BCUT2D eigenvalue weighted by Gasteiger charge is 2.43. The molecule has 0 aliphatic carbocycles. The maximum absolute atomic E-state index is 13.2. The third-order valence-corrected chi connectivity index (χ3v) is 9.78. The average Bonchev–Trinajstić information content (AvgIpc) is 3.05. The number of amides is 1. The zero-order valence-corrected chi connectivity index (χ0v) is 25.9. The van der Waals surface area contributed by atoms with Gasteiger partial charge in [-0.2, -0.15) is 28.1 Å². The van der Waals surface area contributed by atoms with Crippen LogP contribution >= 0.6 is 0 Å². The number of nitrogens with zero attached hydrogens (tertiary/aromatic N) is 6. The number of alkyl halides is 3. The number of halogens is 3. The molecule has 16 heteroatoms. The van der Waals surface area contributed by atoms with Gasteiger partial charge in [0.2, 0.25) is 17.8 Å². The number of piperidine rings is 2. The van der Waals surface area contributed by atoms with Crippen molar-refractivity contribution in [1.29, 1.82) is 0 Å². The van der Waals surface area contributed by atoms with Gasteiger partial charge in [0.05, 0.1) is 10.6 Å². The van der Waals surface area contributed by atoms with Crippen molar-refractivity contribution in [2.24, 2.45) is 0 Å². The van der Waals surface area contributed by atoms with Crippen LogP contribution in [-0.4, -0.2) is 78.2 Å². The quantitative estimate of drug-likeness (QED) is 0.309. The van der Waals surface area contributed by atoms with Gasteiger partial charge in [-0.3, -0.25) is 9.52 Å². The Bertz CT molecular complexity index is 1670. The van der Waals surface area contributed by atoms with E-state index in [0.717, 1.165) is 64.7 Å². The van der Waals surface area contributed by atoms with E-state index in [9.17, 15) is 31.5 Å². The summed E-state index contributed by atoms with van der Waals surface area (Å²) in [6.45, 7) is 2.94. The van der Waals surface area contributed by atoms with Crippen molar-refractivity contribution < 1.29 is 31.5 Å². The second kappa shape index (κ2) is 12.8. The number of anilines is 5. The van der Waals surface area contributed by atoms with Crippen molar-refractivity contribution in [3.05, 3.63) is 47.5 Å². The molecule has 246 valence electrons. The lowest BCUT2D eigenvalue weighted by Gasteiger charge is -2.30. The van der Waals surface area contributed by atoms with Gasteiger partial charge >= 0.3 is 12.1 Å². The summed E-state index contributed by atoms with van der Waals surface area (Å²) in [5.74, 6) is -0.860. The van der Waals surface area contributed by atoms with Crippen molar-refractivity contribution in [2.75, 3.05) is 52.6 Å². The first kappa shape index (κ1) is 31.6. The molecule has 2 saturated heterocycles. The van der Waals surface area contributed by atoms with E-state index in [1.54, 1.807) is 6.07 Å². The molecule has 2 fully saturated rings. The van der Waals surface area contributed by atoms with Gasteiger partial charge in [0.1, 0.15) is 5.75 Å². The summed E-state index contributed by atoms with van der Waals surface area (Å²) in [4.78, 5) is 30.5. The number of phenols is 1. The number of aromatic nitrogens is 3. The number of carbonyl (C=O) groups excluding carboxylic acids is 1. The minimum absolute atomic E-state index is 0.101. The zero-order valence-electron chi connectivity index (χ0n) is 25.1. The second-order valence-corrected chi connectivity index (χ2v) is 13.4. The monoisotopic (exact) mass is 660 g/mol. The van der Waals surface area contributed by atoms with E-state index in [1.165, 1.54) is 30.3 Å². The van der Waals surface area contributed by atoms with Gasteiger partial charge in [-0.25, -0.2) is 8.42 Å². The normalized spacial score (nSPS) is 17.4. The van der Waals surface area contributed by atoms with E-state index >= 15 is 0 Å². The van der Waals surface area contributed by atoms with Crippen LogP contribution in [-0.2, 0) is 27.8 Å². The van der Waals surface area contributed by atoms with Crippen LogP contribution in [0.1, 0.15) is 49.7 Å². The average molecular weight is 661 g/mol. The van der Waals surface area contributed by atoms with Crippen molar-refractivity contribution in [1.82, 2.24) is 19.9 Å². The molecule has 0 unspecified atom stereocenters. The lowest BCUT2D eigenvalue weighted by molar-refractivity contribution is -0.186. The van der Waals surface area contributed by atoms with Crippen molar-refractivity contribution >= 4 is 45.2 Å². The first-order valence-corrected chi connectivity index (χ1v) is 16.8. The topological polar surface area (TPSA) is 144 Å². The predicted molar refractivity (Wildman–Crippen MR) is 166 cm³/mol. The predicted octanol–water partition coefficient (Wildman–Crippen LogP) is 4.55. The largest absolute Gasteiger partial charge is 0.506 e. The molecule has 1 aromatic heterocycles. The number of rotatable bonds is 7. The summed E-state index contributed by atoms with van der Waals surface area (Å²) in [6, 6.07) is 8.41. The van der Waals surface area contributed by atoms with Crippen LogP contribution in [0.3, 0.4) is 0 Å². The Kier molecular flexibility index (Phi) is 8.81. The lowest BCUT2D eigenvalue weighted by atomic mass is 10.00.